The second-order valence-corrected chi connectivity index (χ2v) is 5.88. The third kappa shape index (κ3) is 3.09. The van der Waals surface area contributed by atoms with Crippen LogP contribution in [0.3, 0.4) is 0 Å². The summed E-state index contributed by atoms with van der Waals surface area (Å²) in [5.74, 6) is 0.119. The Bertz CT molecular complexity index is 591. The van der Waals surface area contributed by atoms with Crippen LogP contribution in [0, 0.1) is 6.92 Å². The monoisotopic (exact) mass is 366 g/mol. The summed E-state index contributed by atoms with van der Waals surface area (Å²) in [5, 5.41) is 0. The molecule has 0 fully saturated rings. The lowest BCUT2D eigenvalue weighted by molar-refractivity contribution is 0.0992. The van der Waals surface area contributed by atoms with Gasteiger partial charge in [0.05, 0.1) is 0 Å². The van der Waals surface area contributed by atoms with Crippen molar-refractivity contribution in [2.24, 2.45) is 0 Å². The zero-order valence-electron chi connectivity index (χ0n) is 9.91. The molecule has 0 N–H and O–H groups in total. The van der Waals surface area contributed by atoms with Crippen LogP contribution in [0.5, 0.6) is 0 Å². The Morgan fingerprint density at radius 2 is 1.78 bits per heavy atom. The van der Waals surface area contributed by atoms with Gasteiger partial charge in [0.15, 0.2) is 5.78 Å². The minimum Gasteiger partial charge on any atom is -0.294 e. The maximum atomic E-state index is 12.2. The van der Waals surface area contributed by atoms with E-state index in [1.807, 2.05) is 49.4 Å². The van der Waals surface area contributed by atoms with Crippen LogP contribution >= 0.6 is 31.9 Å². The average molecular weight is 368 g/mol. The van der Waals surface area contributed by atoms with E-state index in [0.717, 1.165) is 25.6 Å². The highest BCUT2D eigenvalue weighted by molar-refractivity contribution is 9.10. The fraction of sp³-hybridized carbons (Fsp3) is 0.133. The second-order valence-electron chi connectivity index (χ2n) is 4.17. The van der Waals surface area contributed by atoms with E-state index in [-0.39, 0.29) is 5.78 Å². The molecule has 92 valence electrons. The molecule has 2 aromatic carbocycles. The molecule has 2 aromatic rings. The Morgan fingerprint density at radius 3 is 2.44 bits per heavy atom. The highest BCUT2D eigenvalue weighted by Gasteiger charge is 2.12. The predicted molar refractivity (Wildman–Crippen MR) is 81.1 cm³/mol. The van der Waals surface area contributed by atoms with Crippen LogP contribution in [0.15, 0.2) is 51.4 Å². The summed E-state index contributed by atoms with van der Waals surface area (Å²) in [4.78, 5) is 12.2. The number of hydrogen-bond acceptors (Lipinski definition) is 1. The number of carbonyl (C=O) groups is 1. The molecule has 0 atom stereocenters. The molecule has 1 nitrogen and oxygen atoms in total. The van der Waals surface area contributed by atoms with Gasteiger partial charge in [-0.05, 0) is 36.2 Å². The second kappa shape index (κ2) is 5.81. The van der Waals surface area contributed by atoms with E-state index in [2.05, 4.69) is 31.9 Å². The molecule has 0 spiro atoms. The van der Waals surface area contributed by atoms with Gasteiger partial charge >= 0.3 is 0 Å². The van der Waals surface area contributed by atoms with E-state index in [0.29, 0.717) is 6.42 Å². The Labute approximate surface area is 123 Å². The van der Waals surface area contributed by atoms with E-state index >= 15 is 0 Å². The van der Waals surface area contributed by atoms with Crippen molar-refractivity contribution in [2.75, 3.05) is 0 Å². The normalized spacial score (nSPS) is 10.4. The number of aryl methyl sites for hydroxylation is 1. The minimum atomic E-state index is 0.119. The maximum Gasteiger partial charge on any atom is 0.168 e. The Hall–Kier alpha value is -0.930. The summed E-state index contributed by atoms with van der Waals surface area (Å²) in [6.07, 6.45) is 0.406. The SMILES string of the molecule is Cc1ccc(C(=O)Cc2ccccc2Br)c(Br)c1. The number of benzene rings is 2. The van der Waals surface area contributed by atoms with Crippen LogP contribution in [0.25, 0.3) is 0 Å². The van der Waals surface area contributed by atoms with Gasteiger partial charge in [0.25, 0.3) is 0 Å². The van der Waals surface area contributed by atoms with Crippen LogP contribution < -0.4 is 0 Å². The van der Waals surface area contributed by atoms with Gasteiger partial charge in [-0.3, -0.25) is 4.79 Å². The van der Waals surface area contributed by atoms with Crippen molar-refractivity contribution in [3.05, 3.63) is 68.1 Å². The van der Waals surface area contributed by atoms with Crippen molar-refractivity contribution in [3.63, 3.8) is 0 Å². The van der Waals surface area contributed by atoms with E-state index < -0.39 is 0 Å². The van der Waals surface area contributed by atoms with Crippen molar-refractivity contribution in [1.29, 1.82) is 0 Å². The van der Waals surface area contributed by atoms with Gasteiger partial charge in [0.2, 0.25) is 0 Å². The molecule has 18 heavy (non-hydrogen) atoms. The van der Waals surface area contributed by atoms with Crippen molar-refractivity contribution >= 4 is 37.6 Å². The van der Waals surface area contributed by atoms with E-state index in [1.54, 1.807) is 0 Å². The Kier molecular flexibility index (Phi) is 4.36. The summed E-state index contributed by atoms with van der Waals surface area (Å²) in [6.45, 7) is 2.01. The summed E-state index contributed by atoms with van der Waals surface area (Å²) in [6, 6.07) is 13.6. The number of ketones is 1. The molecule has 2 rings (SSSR count). The van der Waals surface area contributed by atoms with E-state index in [1.165, 1.54) is 0 Å². The van der Waals surface area contributed by atoms with Crippen molar-refractivity contribution in [3.8, 4) is 0 Å². The molecule has 0 aliphatic rings. The summed E-state index contributed by atoms with van der Waals surface area (Å²) >= 11 is 6.91. The topological polar surface area (TPSA) is 17.1 Å². The molecule has 0 saturated heterocycles. The fourth-order valence-corrected chi connectivity index (χ4v) is 2.90. The van der Waals surface area contributed by atoms with Gasteiger partial charge in [-0.1, -0.05) is 56.1 Å². The number of Topliss-reactive ketones (excluding diaryl/α,β-unsaturated/α-hetero) is 1. The number of halogens is 2. The lowest BCUT2D eigenvalue weighted by Crippen LogP contribution is -2.05. The molecule has 0 aliphatic carbocycles. The molecule has 0 bridgehead atoms. The molecule has 0 amide bonds. The zero-order valence-corrected chi connectivity index (χ0v) is 13.1. The summed E-state index contributed by atoms with van der Waals surface area (Å²) in [7, 11) is 0. The van der Waals surface area contributed by atoms with Gasteiger partial charge in [-0.15, -0.1) is 0 Å². The predicted octanol–water partition coefficient (Wildman–Crippen LogP) is 4.95. The summed E-state index contributed by atoms with van der Waals surface area (Å²) in [5.41, 5.74) is 2.88. The number of hydrogen-bond donors (Lipinski definition) is 0. The van der Waals surface area contributed by atoms with Crippen LogP contribution in [0.4, 0.5) is 0 Å². The molecule has 0 heterocycles. The first kappa shape index (κ1) is 13.5. The quantitative estimate of drug-likeness (QED) is 0.701. The van der Waals surface area contributed by atoms with E-state index in [4.69, 9.17) is 0 Å². The van der Waals surface area contributed by atoms with Gasteiger partial charge < -0.3 is 0 Å². The van der Waals surface area contributed by atoms with Gasteiger partial charge in [-0.25, -0.2) is 0 Å². The van der Waals surface area contributed by atoms with Crippen LogP contribution in [0.1, 0.15) is 21.5 Å². The molecule has 0 unspecified atom stereocenters. The zero-order chi connectivity index (χ0) is 13.1. The Balaban J connectivity index is 2.25. The van der Waals surface area contributed by atoms with Gasteiger partial charge in [0.1, 0.15) is 0 Å². The number of rotatable bonds is 3. The first-order valence-corrected chi connectivity index (χ1v) is 7.19. The van der Waals surface area contributed by atoms with Gasteiger partial charge in [-0.2, -0.15) is 0 Å². The highest BCUT2D eigenvalue weighted by atomic mass is 79.9. The number of carbonyl (C=O) groups excluding carboxylic acids is 1. The maximum absolute atomic E-state index is 12.2. The molecular weight excluding hydrogens is 356 g/mol. The molecule has 0 saturated carbocycles. The van der Waals surface area contributed by atoms with Crippen LogP contribution in [0.2, 0.25) is 0 Å². The fourth-order valence-electron chi connectivity index (χ4n) is 1.76. The first-order valence-electron chi connectivity index (χ1n) is 5.60. The van der Waals surface area contributed by atoms with Crippen molar-refractivity contribution in [1.82, 2.24) is 0 Å². The average Bonchev–Trinajstić information content (AvgIpc) is 2.32. The third-order valence-corrected chi connectivity index (χ3v) is 4.16. The van der Waals surface area contributed by atoms with Crippen LogP contribution in [-0.2, 0) is 6.42 Å². The molecule has 0 aromatic heterocycles. The third-order valence-electron chi connectivity index (χ3n) is 2.73. The van der Waals surface area contributed by atoms with Crippen molar-refractivity contribution < 1.29 is 4.79 Å². The lowest BCUT2D eigenvalue weighted by Gasteiger charge is -2.06. The minimum absolute atomic E-state index is 0.119. The molecule has 0 radical (unpaired) electrons. The molecular formula is C15H12Br2O. The first-order chi connectivity index (χ1) is 8.58. The highest BCUT2D eigenvalue weighted by Crippen LogP contribution is 2.22. The standard InChI is InChI=1S/C15H12Br2O/c1-10-6-7-12(14(17)8-10)15(18)9-11-4-2-3-5-13(11)16/h2-8H,9H2,1H3. The molecule has 3 heteroatoms. The smallest absolute Gasteiger partial charge is 0.168 e. The Morgan fingerprint density at radius 1 is 1.06 bits per heavy atom. The van der Waals surface area contributed by atoms with Crippen LogP contribution in [-0.4, -0.2) is 5.78 Å². The largest absolute Gasteiger partial charge is 0.294 e. The lowest BCUT2D eigenvalue weighted by atomic mass is 10.0. The van der Waals surface area contributed by atoms with Crippen molar-refractivity contribution in [2.45, 2.75) is 13.3 Å². The molecule has 0 aliphatic heterocycles. The van der Waals surface area contributed by atoms with E-state index in [9.17, 15) is 4.79 Å². The van der Waals surface area contributed by atoms with Gasteiger partial charge in [0, 0.05) is 20.9 Å². The summed E-state index contributed by atoms with van der Waals surface area (Å²) < 4.78 is 1.83.